The van der Waals surface area contributed by atoms with Gasteiger partial charge in [-0.25, -0.2) is 13.2 Å². The number of ether oxygens (including phenoxy) is 2. The first kappa shape index (κ1) is 28.9. The van der Waals surface area contributed by atoms with E-state index >= 15 is 0 Å². The molecule has 3 rings (SSSR count). The number of anilines is 3. The quantitative estimate of drug-likeness (QED) is 0.446. The molecule has 0 spiro atoms. The van der Waals surface area contributed by atoms with E-state index in [0.29, 0.717) is 20.4 Å². The molecule has 1 aliphatic rings. The number of nitrogens with one attached hydrogen (secondary N) is 3. The van der Waals surface area contributed by atoms with Gasteiger partial charge < -0.3 is 20.1 Å². The van der Waals surface area contributed by atoms with Crippen LogP contribution in [-0.4, -0.2) is 68.2 Å². The monoisotopic (exact) mass is 562 g/mol. The van der Waals surface area contributed by atoms with Gasteiger partial charge in [0.2, 0.25) is 11.5 Å². The van der Waals surface area contributed by atoms with Gasteiger partial charge >= 0.3 is 12.3 Å². The minimum Gasteiger partial charge on any atom is -0.484 e. The van der Waals surface area contributed by atoms with Crippen LogP contribution >= 0.6 is 0 Å². The summed E-state index contributed by atoms with van der Waals surface area (Å²) in [5, 5.41) is 11.7. The Labute approximate surface area is 217 Å². The Morgan fingerprint density at radius 1 is 1.26 bits per heavy atom. The molecule has 0 radical (unpaired) electrons. The molecular formula is C22H29F3N6O6S. The number of carbonyl (C=O) groups excluding carboxylic acids is 2. The molecule has 2 heterocycles. The second-order valence-electron chi connectivity index (χ2n) is 8.87. The SMILES string of the molecule is CCn1cc(S(=O)(=O)N2C[C@H](CNC(C)=O)Oc3ccc(NC(=O)OC(C)(C)C(F)(F)F)cc32)c(NC)n1. The zero-order valence-corrected chi connectivity index (χ0v) is 22.2. The van der Waals surface area contributed by atoms with E-state index in [2.05, 4.69) is 25.8 Å². The van der Waals surface area contributed by atoms with Crippen LogP contribution in [0, 0.1) is 0 Å². The molecular weight excluding hydrogens is 533 g/mol. The summed E-state index contributed by atoms with van der Waals surface area (Å²) >= 11 is 0. The van der Waals surface area contributed by atoms with Crippen molar-refractivity contribution in [1.29, 1.82) is 0 Å². The largest absolute Gasteiger partial charge is 0.484 e. The van der Waals surface area contributed by atoms with Crippen LogP contribution in [0.5, 0.6) is 5.75 Å². The number of nitrogens with zero attached hydrogens (tertiary/aromatic N) is 3. The molecule has 3 N–H and O–H groups in total. The van der Waals surface area contributed by atoms with Crippen molar-refractivity contribution in [2.24, 2.45) is 0 Å². The maximum Gasteiger partial charge on any atom is 0.427 e. The topological polar surface area (TPSA) is 144 Å². The Morgan fingerprint density at radius 3 is 2.53 bits per heavy atom. The van der Waals surface area contributed by atoms with E-state index in [4.69, 9.17) is 4.74 Å². The summed E-state index contributed by atoms with van der Waals surface area (Å²) < 4.78 is 79.8. The van der Waals surface area contributed by atoms with Gasteiger partial charge in [0.15, 0.2) is 5.82 Å². The van der Waals surface area contributed by atoms with Gasteiger partial charge in [-0.15, -0.1) is 0 Å². The van der Waals surface area contributed by atoms with Gasteiger partial charge in [0.25, 0.3) is 10.0 Å². The van der Waals surface area contributed by atoms with Crippen LogP contribution in [0.1, 0.15) is 27.7 Å². The lowest BCUT2D eigenvalue weighted by Gasteiger charge is -2.35. The Morgan fingerprint density at radius 2 is 1.95 bits per heavy atom. The summed E-state index contributed by atoms with van der Waals surface area (Å²) in [5.74, 6) is -0.125. The molecule has 0 aliphatic carbocycles. The minimum absolute atomic E-state index is 0.00670. The third-order valence-corrected chi connectivity index (χ3v) is 7.38. The van der Waals surface area contributed by atoms with Crippen molar-refractivity contribution in [2.75, 3.05) is 35.1 Å². The van der Waals surface area contributed by atoms with Crippen LogP contribution in [0.15, 0.2) is 29.3 Å². The van der Waals surface area contributed by atoms with E-state index in [9.17, 15) is 31.2 Å². The molecule has 0 saturated carbocycles. The van der Waals surface area contributed by atoms with Gasteiger partial charge in [0.05, 0.1) is 18.8 Å². The second-order valence-corrected chi connectivity index (χ2v) is 10.7. The summed E-state index contributed by atoms with van der Waals surface area (Å²) in [7, 11) is -2.75. The number of aromatic nitrogens is 2. The fraction of sp³-hybridized carbons (Fsp3) is 0.500. The maximum absolute atomic E-state index is 13.8. The molecule has 2 amide bonds. The van der Waals surface area contributed by atoms with Gasteiger partial charge in [-0.3, -0.25) is 19.1 Å². The first-order valence-corrected chi connectivity index (χ1v) is 12.9. The van der Waals surface area contributed by atoms with Crippen molar-refractivity contribution in [2.45, 2.75) is 57.0 Å². The third-order valence-electron chi connectivity index (χ3n) is 5.60. The molecule has 0 bridgehead atoms. The van der Waals surface area contributed by atoms with Crippen LogP contribution in [0.3, 0.4) is 0 Å². The van der Waals surface area contributed by atoms with Gasteiger partial charge in [-0.1, -0.05) is 0 Å². The van der Waals surface area contributed by atoms with Crippen LogP contribution in [0.4, 0.5) is 35.2 Å². The predicted molar refractivity (Wildman–Crippen MR) is 132 cm³/mol. The highest BCUT2D eigenvalue weighted by molar-refractivity contribution is 7.93. The molecule has 16 heteroatoms. The number of fused-ring (bicyclic) bond motifs is 1. The molecule has 1 aliphatic heterocycles. The predicted octanol–water partition coefficient (Wildman–Crippen LogP) is 2.93. The summed E-state index contributed by atoms with van der Waals surface area (Å²) in [6.07, 6.45) is -5.60. The van der Waals surface area contributed by atoms with Gasteiger partial charge in [-0.2, -0.15) is 18.3 Å². The number of benzene rings is 1. The highest BCUT2D eigenvalue weighted by Crippen LogP contribution is 2.40. The van der Waals surface area contributed by atoms with Crippen LogP contribution in [0.2, 0.25) is 0 Å². The molecule has 38 heavy (non-hydrogen) atoms. The van der Waals surface area contributed by atoms with E-state index in [1.165, 1.54) is 43.0 Å². The van der Waals surface area contributed by atoms with Gasteiger partial charge in [-0.05, 0) is 39.0 Å². The standard InChI is InChI=1S/C22H29F3N6O6S/c1-6-30-12-18(19(26-5)29-30)38(34,35)31-11-15(10-27-13(2)32)36-17-8-7-14(9-16(17)31)28-20(33)37-21(3,4)22(23,24)25/h7-9,12,15H,6,10-11H2,1-5H3,(H,26,29)(H,27,32)(H,28,33)/t15-/m0/s1. The highest BCUT2D eigenvalue weighted by atomic mass is 32.2. The lowest BCUT2D eigenvalue weighted by molar-refractivity contribution is -0.242. The van der Waals surface area contributed by atoms with Crippen molar-refractivity contribution in [3.05, 3.63) is 24.4 Å². The molecule has 12 nitrogen and oxygen atoms in total. The summed E-state index contributed by atoms with van der Waals surface area (Å²) in [4.78, 5) is 23.5. The number of sulfonamides is 1. The van der Waals surface area contributed by atoms with Crippen molar-refractivity contribution in [3.63, 3.8) is 0 Å². The van der Waals surface area contributed by atoms with Crippen molar-refractivity contribution < 1.29 is 40.7 Å². The van der Waals surface area contributed by atoms with E-state index in [-0.39, 0.29) is 46.8 Å². The normalized spacial score (nSPS) is 15.8. The number of alkyl halides is 3. The number of halogens is 3. The third kappa shape index (κ3) is 6.06. The molecule has 210 valence electrons. The number of amides is 2. The zero-order chi connectivity index (χ0) is 28.5. The summed E-state index contributed by atoms with van der Waals surface area (Å²) in [5.41, 5.74) is -2.78. The average molecular weight is 563 g/mol. The van der Waals surface area contributed by atoms with Crippen LogP contribution in [0.25, 0.3) is 0 Å². The molecule has 0 fully saturated rings. The highest BCUT2D eigenvalue weighted by Gasteiger charge is 2.51. The number of rotatable bonds is 8. The van der Waals surface area contributed by atoms with Crippen LogP contribution in [-0.2, 0) is 26.1 Å². The first-order valence-electron chi connectivity index (χ1n) is 11.5. The number of carbonyl (C=O) groups is 2. The molecule has 2 aromatic rings. The Hall–Kier alpha value is -3.69. The fourth-order valence-electron chi connectivity index (χ4n) is 3.46. The van der Waals surface area contributed by atoms with Crippen molar-refractivity contribution in [1.82, 2.24) is 15.1 Å². The lowest BCUT2D eigenvalue weighted by atomic mass is 10.1. The van der Waals surface area contributed by atoms with Crippen molar-refractivity contribution >= 4 is 39.2 Å². The summed E-state index contributed by atoms with van der Waals surface area (Å²) in [6, 6.07) is 3.92. The van der Waals surface area contributed by atoms with E-state index in [1.54, 1.807) is 6.92 Å². The van der Waals surface area contributed by atoms with Gasteiger partial charge in [0.1, 0.15) is 16.7 Å². The molecule has 1 aromatic carbocycles. The smallest absolute Gasteiger partial charge is 0.427 e. The number of aryl methyl sites for hydroxylation is 1. The van der Waals surface area contributed by atoms with E-state index in [0.717, 1.165) is 4.31 Å². The Bertz CT molecular complexity index is 1310. The van der Waals surface area contributed by atoms with Crippen molar-refractivity contribution in [3.8, 4) is 5.75 Å². The average Bonchev–Trinajstić information content (AvgIpc) is 3.25. The molecule has 0 unspecified atom stereocenters. The van der Waals surface area contributed by atoms with Gasteiger partial charge in [0, 0.05) is 32.4 Å². The van der Waals surface area contributed by atoms with Crippen LogP contribution < -0.4 is 25.0 Å². The zero-order valence-electron chi connectivity index (χ0n) is 21.3. The fourth-order valence-corrected chi connectivity index (χ4v) is 5.10. The van der Waals surface area contributed by atoms with E-state index < -0.39 is 34.0 Å². The number of hydrogen-bond acceptors (Lipinski definition) is 8. The lowest BCUT2D eigenvalue weighted by Crippen LogP contribution is -2.48. The minimum atomic E-state index is -4.81. The molecule has 1 aromatic heterocycles. The Kier molecular flexibility index (Phi) is 8.04. The molecule has 1 atom stereocenters. The van der Waals surface area contributed by atoms with E-state index in [1.807, 2.05) is 0 Å². The molecule has 0 saturated heterocycles. The Balaban J connectivity index is 2.00. The maximum atomic E-state index is 13.8. The first-order chi connectivity index (χ1) is 17.6. The summed E-state index contributed by atoms with van der Waals surface area (Å²) in [6.45, 7) is 4.69. The number of hydrogen-bond donors (Lipinski definition) is 3. The second kappa shape index (κ2) is 10.6.